The predicted octanol–water partition coefficient (Wildman–Crippen LogP) is 3.27. The molecule has 0 rings (SSSR count). The summed E-state index contributed by atoms with van der Waals surface area (Å²) in [6.07, 6.45) is 16.5. The summed E-state index contributed by atoms with van der Waals surface area (Å²) in [5.74, 6) is -1.50. The normalized spacial score (nSPS) is 10.7. The Bertz CT molecular complexity index is 384. The van der Waals surface area contributed by atoms with Crippen LogP contribution in [0, 0.1) is 0 Å². The van der Waals surface area contributed by atoms with Gasteiger partial charge >= 0.3 is 0 Å². The second kappa shape index (κ2) is 16.9. The Kier molecular flexibility index (Phi) is 15.8. The van der Waals surface area contributed by atoms with Gasteiger partial charge in [0.05, 0.1) is 13.1 Å². The molecule has 6 nitrogen and oxygen atoms in total. The van der Waals surface area contributed by atoms with Crippen molar-refractivity contribution >= 4 is 17.7 Å². The van der Waals surface area contributed by atoms with Crippen LogP contribution in [0.2, 0.25) is 0 Å². The molecule has 0 aromatic heterocycles. The van der Waals surface area contributed by atoms with E-state index in [1.807, 2.05) is 0 Å². The number of hydrogen-bond acceptors (Lipinski definition) is 3. The Balaban J connectivity index is 3.56. The van der Waals surface area contributed by atoms with E-state index in [0.717, 1.165) is 24.2 Å². The minimum Gasteiger partial charge on any atom is -0.368 e. The molecular weight excluding hydrogens is 330 g/mol. The van der Waals surface area contributed by atoms with E-state index in [0.29, 0.717) is 6.42 Å². The standard InChI is InChI=1S/C20H39N3O3/c1-2-3-4-5-6-7-8-9-10-11-12-13-14-15-20(26)23(16-18(21)24)17-19(22)25/h2-17H2,1H3,(H2,21,24)(H2,22,25). The van der Waals surface area contributed by atoms with Crippen LogP contribution in [0.15, 0.2) is 0 Å². The van der Waals surface area contributed by atoms with Crippen LogP contribution in [0.1, 0.15) is 96.8 Å². The van der Waals surface area contributed by atoms with Gasteiger partial charge < -0.3 is 16.4 Å². The molecule has 0 aromatic carbocycles. The summed E-state index contributed by atoms with van der Waals surface area (Å²) in [6, 6.07) is 0. The summed E-state index contributed by atoms with van der Waals surface area (Å²) in [6.45, 7) is 1.74. The maximum Gasteiger partial charge on any atom is 0.237 e. The topological polar surface area (TPSA) is 106 Å². The SMILES string of the molecule is CCCCCCCCCCCCCCCC(=O)N(CC(N)=O)CC(N)=O. The molecule has 0 atom stereocenters. The van der Waals surface area contributed by atoms with E-state index in [1.54, 1.807) is 0 Å². The Labute approximate surface area is 159 Å². The highest BCUT2D eigenvalue weighted by Crippen LogP contribution is 2.13. The summed E-state index contributed by atoms with van der Waals surface area (Å²) >= 11 is 0. The van der Waals surface area contributed by atoms with Gasteiger partial charge in [0.15, 0.2) is 0 Å². The molecule has 0 fully saturated rings. The van der Waals surface area contributed by atoms with Crippen molar-refractivity contribution in [3.05, 3.63) is 0 Å². The van der Waals surface area contributed by atoms with Gasteiger partial charge in [-0.05, 0) is 6.42 Å². The van der Waals surface area contributed by atoms with Crippen molar-refractivity contribution in [3.63, 3.8) is 0 Å². The van der Waals surface area contributed by atoms with Crippen molar-refractivity contribution in [1.29, 1.82) is 0 Å². The van der Waals surface area contributed by atoms with Crippen LogP contribution in [-0.4, -0.2) is 35.7 Å². The Morgan fingerprint density at radius 3 is 1.31 bits per heavy atom. The number of hydrogen-bond donors (Lipinski definition) is 2. The number of carbonyl (C=O) groups excluding carboxylic acids is 3. The molecule has 0 bridgehead atoms. The van der Waals surface area contributed by atoms with Gasteiger partial charge in [-0.3, -0.25) is 14.4 Å². The molecule has 26 heavy (non-hydrogen) atoms. The third kappa shape index (κ3) is 15.9. The molecule has 0 aliphatic rings. The van der Waals surface area contributed by atoms with Crippen LogP contribution in [0.3, 0.4) is 0 Å². The molecule has 0 aliphatic heterocycles. The van der Waals surface area contributed by atoms with Gasteiger partial charge in [0.1, 0.15) is 0 Å². The van der Waals surface area contributed by atoms with E-state index < -0.39 is 11.8 Å². The predicted molar refractivity (Wildman–Crippen MR) is 105 cm³/mol. The highest BCUT2D eigenvalue weighted by Gasteiger charge is 2.17. The maximum atomic E-state index is 12.0. The lowest BCUT2D eigenvalue weighted by atomic mass is 10.0. The molecule has 0 radical (unpaired) electrons. The van der Waals surface area contributed by atoms with Gasteiger partial charge in [0.2, 0.25) is 17.7 Å². The molecule has 0 saturated carbocycles. The van der Waals surface area contributed by atoms with E-state index >= 15 is 0 Å². The Morgan fingerprint density at radius 1 is 0.615 bits per heavy atom. The average molecular weight is 370 g/mol. The lowest BCUT2D eigenvalue weighted by Crippen LogP contribution is -2.43. The molecular formula is C20H39N3O3. The number of primary amides is 2. The largest absolute Gasteiger partial charge is 0.368 e. The monoisotopic (exact) mass is 369 g/mol. The second-order valence-corrected chi connectivity index (χ2v) is 7.18. The quantitative estimate of drug-likeness (QED) is 0.362. The van der Waals surface area contributed by atoms with Gasteiger partial charge in [-0.2, -0.15) is 0 Å². The van der Waals surface area contributed by atoms with Gasteiger partial charge in [0, 0.05) is 6.42 Å². The number of unbranched alkanes of at least 4 members (excludes halogenated alkanes) is 12. The fourth-order valence-electron chi connectivity index (χ4n) is 3.06. The first kappa shape index (κ1) is 24.4. The Hall–Kier alpha value is -1.59. The van der Waals surface area contributed by atoms with Crippen molar-refractivity contribution < 1.29 is 14.4 Å². The van der Waals surface area contributed by atoms with E-state index in [2.05, 4.69) is 6.92 Å². The number of amides is 3. The minimum absolute atomic E-state index is 0.231. The fourth-order valence-corrected chi connectivity index (χ4v) is 3.06. The van der Waals surface area contributed by atoms with E-state index in [1.165, 1.54) is 64.2 Å². The first-order valence-corrected chi connectivity index (χ1v) is 10.3. The smallest absolute Gasteiger partial charge is 0.237 e. The van der Waals surface area contributed by atoms with Gasteiger partial charge in [0.25, 0.3) is 0 Å². The number of nitrogens with zero attached hydrogens (tertiary/aromatic N) is 1. The summed E-state index contributed by atoms with van der Waals surface area (Å²) in [5, 5.41) is 0. The summed E-state index contributed by atoms with van der Waals surface area (Å²) in [5.41, 5.74) is 10.2. The van der Waals surface area contributed by atoms with Crippen molar-refractivity contribution in [1.82, 2.24) is 4.90 Å². The van der Waals surface area contributed by atoms with Crippen LogP contribution in [0.4, 0.5) is 0 Å². The molecule has 0 saturated heterocycles. The van der Waals surface area contributed by atoms with E-state index in [-0.39, 0.29) is 19.0 Å². The van der Waals surface area contributed by atoms with Crippen LogP contribution in [-0.2, 0) is 14.4 Å². The zero-order valence-corrected chi connectivity index (χ0v) is 16.6. The van der Waals surface area contributed by atoms with Crippen LogP contribution >= 0.6 is 0 Å². The lowest BCUT2D eigenvalue weighted by Gasteiger charge is -2.19. The molecule has 0 heterocycles. The van der Waals surface area contributed by atoms with Gasteiger partial charge in [-0.25, -0.2) is 0 Å². The van der Waals surface area contributed by atoms with Crippen molar-refractivity contribution in [2.75, 3.05) is 13.1 Å². The van der Waals surface area contributed by atoms with Crippen LogP contribution in [0.5, 0.6) is 0 Å². The molecule has 4 N–H and O–H groups in total. The van der Waals surface area contributed by atoms with Crippen molar-refractivity contribution in [2.45, 2.75) is 96.8 Å². The molecule has 0 aromatic rings. The van der Waals surface area contributed by atoms with E-state index in [4.69, 9.17) is 11.5 Å². The molecule has 0 spiro atoms. The minimum atomic E-state index is -0.634. The first-order valence-electron chi connectivity index (χ1n) is 10.3. The number of nitrogens with two attached hydrogens (primary N) is 2. The average Bonchev–Trinajstić information content (AvgIpc) is 2.57. The van der Waals surface area contributed by atoms with Crippen molar-refractivity contribution in [2.24, 2.45) is 11.5 Å². The lowest BCUT2D eigenvalue weighted by molar-refractivity contribution is -0.138. The Morgan fingerprint density at radius 2 is 0.962 bits per heavy atom. The third-order valence-corrected chi connectivity index (χ3v) is 4.54. The molecule has 152 valence electrons. The number of rotatable bonds is 18. The maximum absolute atomic E-state index is 12.0. The summed E-state index contributed by atoms with van der Waals surface area (Å²) in [7, 11) is 0. The molecule has 0 unspecified atom stereocenters. The highest BCUT2D eigenvalue weighted by atomic mass is 16.2. The van der Waals surface area contributed by atoms with Crippen LogP contribution in [0.25, 0.3) is 0 Å². The van der Waals surface area contributed by atoms with Gasteiger partial charge in [-0.1, -0.05) is 84.0 Å². The highest BCUT2D eigenvalue weighted by molar-refractivity contribution is 5.87. The summed E-state index contributed by atoms with van der Waals surface area (Å²) < 4.78 is 0. The molecule has 3 amide bonds. The van der Waals surface area contributed by atoms with Crippen LogP contribution < -0.4 is 11.5 Å². The first-order chi connectivity index (χ1) is 12.5. The number of carbonyl (C=O) groups is 3. The molecule has 0 aliphatic carbocycles. The molecule has 6 heteroatoms. The van der Waals surface area contributed by atoms with Gasteiger partial charge in [-0.15, -0.1) is 0 Å². The zero-order chi connectivity index (χ0) is 19.6. The third-order valence-electron chi connectivity index (χ3n) is 4.54. The second-order valence-electron chi connectivity index (χ2n) is 7.18. The zero-order valence-electron chi connectivity index (χ0n) is 16.6. The van der Waals surface area contributed by atoms with E-state index in [9.17, 15) is 14.4 Å². The summed E-state index contributed by atoms with van der Waals surface area (Å²) in [4.78, 5) is 35.1. The fraction of sp³-hybridized carbons (Fsp3) is 0.850. The van der Waals surface area contributed by atoms with Crippen molar-refractivity contribution in [3.8, 4) is 0 Å².